The minimum atomic E-state index is -2.75. The Balaban J connectivity index is 1.65. The quantitative estimate of drug-likeness (QED) is 0.360. The van der Waals surface area contributed by atoms with Gasteiger partial charge in [0.25, 0.3) is 0 Å². The molecule has 2 fully saturated rings. The highest BCUT2D eigenvalue weighted by atomic mass is 16.3. The average molecular weight is 548 g/mol. The van der Waals surface area contributed by atoms with Gasteiger partial charge in [-0.1, -0.05) is 17.9 Å². The topological polar surface area (TPSA) is 158 Å². The van der Waals surface area contributed by atoms with Crippen molar-refractivity contribution in [2.24, 2.45) is 29.4 Å². The van der Waals surface area contributed by atoms with Crippen molar-refractivity contribution in [1.29, 1.82) is 0 Å². The summed E-state index contributed by atoms with van der Waals surface area (Å²) in [5.41, 5.74) is 4.97. The Bertz CT molecular complexity index is 1460. The Hall–Kier alpha value is -3.81. The maximum atomic E-state index is 14.0. The lowest BCUT2D eigenvalue weighted by Crippen LogP contribution is -2.74. The number of hydrogen-bond donors (Lipinski definition) is 3. The molecule has 1 aromatic carbocycles. The number of fused-ring (bicyclic) bond motifs is 3. The van der Waals surface area contributed by atoms with Crippen molar-refractivity contribution in [2.75, 3.05) is 33.1 Å². The molecule has 0 heterocycles. The van der Waals surface area contributed by atoms with Gasteiger partial charge in [0, 0.05) is 25.7 Å². The first-order valence-corrected chi connectivity index (χ1v) is 13.4. The number of phenolic OH excluding ortho intramolecular Hbond substituents is 1. The molecular formula is C30H33N3O7. The second kappa shape index (κ2) is 9.68. The van der Waals surface area contributed by atoms with Gasteiger partial charge in [-0.3, -0.25) is 28.9 Å². The summed E-state index contributed by atoms with van der Waals surface area (Å²) in [4.78, 5) is 70.1. The zero-order chi connectivity index (χ0) is 29.3. The van der Waals surface area contributed by atoms with E-state index in [0.29, 0.717) is 11.3 Å². The lowest BCUT2D eigenvalue weighted by molar-refractivity contribution is -0.181. The fourth-order valence-electron chi connectivity index (χ4n) is 7.08. The predicted octanol–water partition coefficient (Wildman–Crippen LogP) is 0.395. The van der Waals surface area contributed by atoms with Crippen molar-refractivity contribution in [3.05, 3.63) is 34.4 Å². The molecule has 4 aliphatic carbocycles. The Morgan fingerprint density at radius 1 is 1.10 bits per heavy atom. The highest BCUT2D eigenvalue weighted by Gasteiger charge is 2.69. The van der Waals surface area contributed by atoms with E-state index in [-0.39, 0.29) is 29.7 Å². The van der Waals surface area contributed by atoms with Crippen molar-refractivity contribution < 1.29 is 34.2 Å². The molecule has 40 heavy (non-hydrogen) atoms. The molecule has 0 aliphatic heterocycles. The molecule has 0 aromatic heterocycles. The monoisotopic (exact) mass is 547 g/mol. The van der Waals surface area contributed by atoms with Gasteiger partial charge < -0.3 is 20.8 Å². The van der Waals surface area contributed by atoms with Gasteiger partial charge in [0.1, 0.15) is 5.75 Å². The summed E-state index contributed by atoms with van der Waals surface area (Å²) in [5.74, 6) is -4.61. The summed E-state index contributed by atoms with van der Waals surface area (Å²) in [6, 6.07) is 0.588. The number of ketones is 4. The molecule has 6 atom stereocenters. The summed E-state index contributed by atoms with van der Waals surface area (Å²) in [7, 11) is 6.71. The minimum absolute atomic E-state index is 0.00718. The van der Waals surface area contributed by atoms with Crippen LogP contribution in [-0.4, -0.2) is 84.0 Å². The van der Waals surface area contributed by atoms with E-state index in [2.05, 4.69) is 11.8 Å². The number of amides is 1. The number of primary amides is 1. The fraction of sp³-hybridized carbons (Fsp3) is 0.500. The fourth-order valence-corrected chi connectivity index (χ4v) is 7.08. The first kappa shape index (κ1) is 27.7. The minimum Gasteiger partial charge on any atom is -0.506 e. The van der Waals surface area contributed by atoms with Gasteiger partial charge in [-0.05, 0) is 69.3 Å². The molecule has 2 unspecified atom stereocenters. The number of aromatic hydroxyl groups is 1. The molecule has 1 amide bonds. The van der Waals surface area contributed by atoms with E-state index >= 15 is 0 Å². The number of benzene rings is 1. The van der Waals surface area contributed by atoms with Crippen LogP contribution in [0.5, 0.6) is 5.75 Å². The molecule has 1 aromatic rings. The lowest BCUT2D eigenvalue weighted by atomic mass is 9.52. The van der Waals surface area contributed by atoms with Crippen molar-refractivity contribution in [1.82, 2.24) is 4.90 Å². The number of anilines is 1. The van der Waals surface area contributed by atoms with E-state index < -0.39 is 64.4 Å². The number of carbonyl (C=O) groups excluding carboxylic acids is 5. The van der Waals surface area contributed by atoms with E-state index in [1.165, 1.54) is 4.90 Å². The number of aliphatic hydroxyl groups is 1. The smallest absolute Gasteiger partial charge is 0.235 e. The van der Waals surface area contributed by atoms with Crippen LogP contribution < -0.4 is 10.6 Å². The summed E-state index contributed by atoms with van der Waals surface area (Å²) < 4.78 is 0. The van der Waals surface area contributed by atoms with Crippen molar-refractivity contribution in [3.8, 4) is 17.6 Å². The van der Waals surface area contributed by atoms with Gasteiger partial charge in [-0.15, -0.1) is 0 Å². The van der Waals surface area contributed by atoms with Crippen LogP contribution in [0.25, 0.3) is 0 Å². The van der Waals surface area contributed by atoms with E-state index in [0.717, 1.165) is 24.8 Å². The van der Waals surface area contributed by atoms with Crippen LogP contribution in [0.3, 0.4) is 0 Å². The SMILES string of the molecule is CN(C)c1cc(C#CC2=CCCC2)c(O)c2c1C[C@H]1C[C@H]3[C@H](N(C)C)C(=O)C(C(N)=O)C(=O)[C@@]3(O)C(=O)C1C2=O. The standard InChI is InChI=1S/C30H33N3O7/c1-32(2)19-13-15(10-9-14-7-5-6-8-14)24(34)21-17(19)11-16-12-18-23(33(3)4)26(36)22(29(31)39)28(38)30(18,40)27(37)20(16)25(21)35/h7,13,16,18,20,22-23,34,40H,5-6,8,11-12H2,1-4H3,(H2,31,39)/t16-,18-,20?,22?,23-,30-/m0/s1. The number of nitrogens with zero attached hydrogens (tertiary/aromatic N) is 2. The largest absolute Gasteiger partial charge is 0.506 e. The molecule has 10 heteroatoms. The number of Topliss-reactive ketones (excluding diaryl/α,β-unsaturated/α-hetero) is 4. The molecule has 0 bridgehead atoms. The number of carbonyl (C=O) groups is 5. The summed E-state index contributed by atoms with van der Waals surface area (Å²) in [6.07, 6.45) is 5.03. The Kier molecular flexibility index (Phi) is 6.71. The number of nitrogens with two attached hydrogens (primary N) is 1. The molecule has 10 nitrogen and oxygen atoms in total. The van der Waals surface area contributed by atoms with Gasteiger partial charge in [0.15, 0.2) is 34.7 Å². The predicted molar refractivity (Wildman–Crippen MR) is 144 cm³/mol. The third-order valence-electron chi connectivity index (χ3n) is 8.92. The van der Waals surface area contributed by atoms with Gasteiger partial charge in [-0.2, -0.15) is 0 Å². The van der Waals surface area contributed by atoms with Gasteiger partial charge in [0.05, 0.1) is 23.1 Å². The van der Waals surface area contributed by atoms with Crippen molar-refractivity contribution in [3.63, 3.8) is 0 Å². The van der Waals surface area contributed by atoms with Gasteiger partial charge >= 0.3 is 0 Å². The first-order chi connectivity index (χ1) is 18.8. The van der Waals surface area contributed by atoms with Crippen LogP contribution in [0.4, 0.5) is 5.69 Å². The molecule has 0 radical (unpaired) electrons. The highest BCUT2D eigenvalue weighted by Crippen LogP contribution is 2.52. The second-order valence-corrected chi connectivity index (χ2v) is 11.7. The number of allylic oxidation sites excluding steroid dienone is 2. The number of hydrogen-bond acceptors (Lipinski definition) is 9. The zero-order valence-electron chi connectivity index (χ0n) is 23.0. The third kappa shape index (κ3) is 3.91. The van der Waals surface area contributed by atoms with Crippen LogP contribution >= 0.6 is 0 Å². The van der Waals surface area contributed by atoms with Crippen LogP contribution in [0, 0.1) is 35.5 Å². The normalized spacial score (nSPS) is 31.1. The molecule has 4 aliphatic rings. The average Bonchev–Trinajstić information content (AvgIpc) is 3.39. The summed E-state index contributed by atoms with van der Waals surface area (Å²) in [5, 5.41) is 23.0. The van der Waals surface area contributed by atoms with Crippen molar-refractivity contribution >= 4 is 34.7 Å². The molecular weight excluding hydrogens is 514 g/mol. The summed E-state index contributed by atoms with van der Waals surface area (Å²) >= 11 is 0. The van der Waals surface area contributed by atoms with Crippen LogP contribution in [0.15, 0.2) is 17.7 Å². The van der Waals surface area contributed by atoms with Crippen LogP contribution in [0.1, 0.15) is 47.2 Å². The van der Waals surface area contributed by atoms with E-state index in [9.17, 15) is 34.2 Å². The number of rotatable bonds is 3. The Morgan fingerprint density at radius 2 is 1.80 bits per heavy atom. The van der Waals surface area contributed by atoms with E-state index in [4.69, 9.17) is 5.73 Å². The van der Waals surface area contributed by atoms with Crippen LogP contribution in [0.2, 0.25) is 0 Å². The summed E-state index contributed by atoms with van der Waals surface area (Å²) in [6.45, 7) is 0. The molecule has 4 N–H and O–H groups in total. The molecule has 2 saturated carbocycles. The second-order valence-electron chi connectivity index (χ2n) is 11.7. The number of phenols is 1. The number of likely N-dealkylation sites (N-methyl/N-ethyl adjacent to an activating group) is 1. The van der Waals surface area contributed by atoms with E-state index in [1.54, 1.807) is 39.2 Å². The van der Waals surface area contributed by atoms with Crippen molar-refractivity contribution in [2.45, 2.75) is 43.7 Å². The van der Waals surface area contributed by atoms with E-state index in [1.807, 2.05) is 6.08 Å². The molecule has 5 rings (SSSR count). The van der Waals surface area contributed by atoms with Gasteiger partial charge in [0.2, 0.25) is 5.91 Å². The first-order valence-electron chi connectivity index (χ1n) is 13.4. The maximum Gasteiger partial charge on any atom is 0.235 e. The third-order valence-corrected chi connectivity index (χ3v) is 8.92. The molecule has 0 saturated heterocycles. The maximum absolute atomic E-state index is 14.0. The Labute approximate surface area is 232 Å². The molecule has 210 valence electrons. The van der Waals surface area contributed by atoms with Crippen LogP contribution in [-0.2, 0) is 25.6 Å². The zero-order valence-corrected chi connectivity index (χ0v) is 23.0. The Morgan fingerprint density at radius 3 is 2.38 bits per heavy atom. The molecule has 0 spiro atoms. The lowest BCUT2D eigenvalue weighted by Gasteiger charge is -2.52. The highest BCUT2D eigenvalue weighted by molar-refractivity contribution is 6.32. The van der Waals surface area contributed by atoms with Gasteiger partial charge in [-0.25, -0.2) is 0 Å².